The summed E-state index contributed by atoms with van der Waals surface area (Å²) in [6.07, 6.45) is 5.29. The van der Waals surface area contributed by atoms with Gasteiger partial charge in [0.15, 0.2) is 11.6 Å². The van der Waals surface area contributed by atoms with Gasteiger partial charge in [0.25, 0.3) is 0 Å². The standard InChI is InChI=1S/C49H74ClNO12/c1-11-35(44(54)55)37-19-14-27(4)42(60-37)31(8)40(52)30(7)41(53)36(12-2)43-28(5)26-29(6)48(61-43)23-20-38(51-45(56)59-34-17-15-33(50)16-18-34)49(63-48)25-24-46(10,62-49)39-21-22-47(57,13-3)32(9)58-39/h15-18,20,23,27-32,35-40,42-43,52,57H,11-14,19,21-22,24-26H2,1-10H3,(H,51,56)(H,54,55)/t27-,28-,29+,30-,31-,32-,35+,36-,37+,38+,39+,40+,42+,43-,46-,47+,48-,49-/m0/s1. The predicted molar refractivity (Wildman–Crippen MR) is 237 cm³/mol. The number of aliphatic carboxylic acids is 1. The summed E-state index contributed by atoms with van der Waals surface area (Å²) in [5.74, 6) is -6.02. The molecule has 1 aromatic rings. The van der Waals surface area contributed by atoms with Gasteiger partial charge in [-0.05, 0) is 114 Å². The first kappa shape index (κ1) is 49.8. The Morgan fingerprint density at radius 3 is 2.21 bits per heavy atom. The van der Waals surface area contributed by atoms with Crippen molar-refractivity contribution in [2.24, 2.45) is 41.4 Å². The number of aliphatic hydroxyl groups excluding tert-OH is 1. The molecule has 354 valence electrons. The van der Waals surface area contributed by atoms with Gasteiger partial charge in [0.05, 0.1) is 53.7 Å². The second kappa shape index (κ2) is 19.7. The monoisotopic (exact) mass is 903 g/mol. The van der Waals surface area contributed by atoms with Crippen LogP contribution in [-0.4, -0.2) is 98.6 Å². The Morgan fingerprint density at radius 2 is 1.59 bits per heavy atom. The smallest absolute Gasteiger partial charge is 0.413 e. The number of aliphatic hydroxyl groups is 2. The Bertz CT molecular complexity index is 1800. The molecule has 2 spiro atoms. The highest BCUT2D eigenvalue weighted by molar-refractivity contribution is 6.30. The molecule has 63 heavy (non-hydrogen) atoms. The maximum atomic E-state index is 14.7. The van der Waals surface area contributed by atoms with Gasteiger partial charge in [-0.3, -0.25) is 9.59 Å². The Hall–Kier alpha value is -2.62. The number of hydrogen-bond donors (Lipinski definition) is 4. The fourth-order valence-electron chi connectivity index (χ4n) is 11.4. The molecule has 4 fully saturated rings. The van der Waals surface area contributed by atoms with Crippen molar-refractivity contribution in [2.45, 2.75) is 199 Å². The van der Waals surface area contributed by atoms with Crippen LogP contribution in [0.3, 0.4) is 0 Å². The summed E-state index contributed by atoms with van der Waals surface area (Å²) >= 11 is 6.07. The fourth-order valence-corrected chi connectivity index (χ4v) is 11.6. The van der Waals surface area contributed by atoms with Gasteiger partial charge in [0.1, 0.15) is 17.6 Å². The molecular weight excluding hydrogens is 830 g/mol. The first-order valence-corrected chi connectivity index (χ1v) is 24.0. The number of carbonyl (C=O) groups is 3. The third-order valence-corrected chi connectivity index (χ3v) is 16.0. The molecule has 5 heterocycles. The van der Waals surface area contributed by atoms with Gasteiger partial charge in [-0.25, -0.2) is 4.79 Å². The van der Waals surface area contributed by atoms with Gasteiger partial charge in [-0.1, -0.05) is 73.1 Å². The molecule has 5 aliphatic rings. The average molecular weight is 905 g/mol. The van der Waals surface area contributed by atoms with E-state index in [1.807, 2.05) is 53.7 Å². The minimum atomic E-state index is -1.43. The second-order valence-electron chi connectivity index (χ2n) is 19.9. The van der Waals surface area contributed by atoms with Crippen molar-refractivity contribution < 1.29 is 58.1 Å². The van der Waals surface area contributed by atoms with Crippen molar-refractivity contribution in [2.75, 3.05) is 0 Å². The van der Waals surface area contributed by atoms with E-state index < -0.39 is 95.1 Å². The average Bonchev–Trinajstić information content (AvgIpc) is 3.59. The highest BCUT2D eigenvalue weighted by Crippen LogP contribution is 2.54. The summed E-state index contributed by atoms with van der Waals surface area (Å²) in [5, 5.41) is 36.5. The minimum Gasteiger partial charge on any atom is -0.481 e. The topological polar surface area (TPSA) is 179 Å². The summed E-state index contributed by atoms with van der Waals surface area (Å²) in [6.45, 7) is 19.5. The molecule has 4 N–H and O–H groups in total. The molecule has 6 rings (SSSR count). The highest BCUT2D eigenvalue weighted by Gasteiger charge is 2.63. The lowest BCUT2D eigenvalue weighted by Crippen LogP contribution is -2.66. The van der Waals surface area contributed by atoms with E-state index in [0.717, 1.165) is 6.42 Å². The van der Waals surface area contributed by atoms with Crippen LogP contribution in [0.1, 0.15) is 133 Å². The van der Waals surface area contributed by atoms with Gasteiger partial charge >= 0.3 is 12.1 Å². The fraction of sp³-hybridized carbons (Fsp3) is 0.776. The third kappa shape index (κ3) is 10.1. The van der Waals surface area contributed by atoms with E-state index in [2.05, 4.69) is 26.1 Å². The lowest BCUT2D eigenvalue weighted by Gasteiger charge is -2.55. The Balaban J connectivity index is 1.25. The molecule has 0 unspecified atom stereocenters. The third-order valence-electron chi connectivity index (χ3n) is 15.8. The molecule has 0 aliphatic carbocycles. The van der Waals surface area contributed by atoms with Crippen LogP contribution in [0.4, 0.5) is 4.79 Å². The van der Waals surface area contributed by atoms with Crippen LogP contribution >= 0.6 is 11.6 Å². The number of ketones is 1. The van der Waals surface area contributed by atoms with E-state index in [0.29, 0.717) is 68.6 Å². The number of ether oxygens (including phenoxy) is 6. The van der Waals surface area contributed by atoms with E-state index in [9.17, 15) is 29.7 Å². The number of carboxylic acids is 1. The van der Waals surface area contributed by atoms with E-state index in [-0.39, 0.29) is 29.6 Å². The van der Waals surface area contributed by atoms with Gasteiger partial charge in [0, 0.05) is 35.1 Å². The van der Waals surface area contributed by atoms with E-state index in [4.69, 9.17) is 40.0 Å². The van der Waals surface area contributed by atoms with Crippen LogP contribution in [0.25, 0.3) is 0 Å². The molecule has 5 aliphatic heterocycles. The quantitative estimate of drug-likeness (QED) is 0.131. The van der Waals surface area contributed by atoms with Crippen molar-refractivity contribution >= 4 is 29.4 Å². The van der Waals surface area contributed by atoms with Crippen LogP contribution in [-0.2, 0) is 33.3 Å². The first-order valence-electron chi connectivity index (χ1n) is 23.6. The second-order valence-corrected chi connectivity index (χ2v) is 20.4. The number of Topliss-reactive ketones (excluding diaryl/α,β-unsaturated/α-hetero) is 1. The van der Waals surface area contributed by atoms with Gasteiger partial charge in [-0.2, -0.15) is 0 Å². The van der Waals surface area contributed by atoms with Crippen molar-refractivity contribution in [3.05, 3.63) is 41.4 Å². The number of hydrogen-bond acceptors (Lipinski definition) is 11. The van der Waals surface area contributed by atoms with Crippen molar-refractivity contribution in [1.29, 1.82) is 0 Å². The number of amides is 1. The highest BCUT2D eigenvalue weighted by atomic mass is 35.5. The zero-order valence-electron chi connectivity index (χ0n) is 39.0. The number of carbonyl (C=O) groups excluding carboxylic acids is 2. The summed E-state index contributed by atoms with van der Waals surface area (Å²) < 4.78 is 40.1. The maximum Gasteiger partial charge on any atom is 0.413 e. The number of halogens is 1. The maximum absolute atomic E-state index is 14.7. The van der Waals surface area contributed by atoms with Gasteiger partial charge < -0.3 is 49.1 Å². The minimum absolute atomic E-state index is 0.0481. The van der Waals surface area contributed by atoms with E-state index >= 15 is 0 Å². The lowest BCUT2D eigenvalue weighted by atomic mass is 9.72. The number of carboxylic acid groups (broad SMARTS) is 1. The number of benzene rings is 1. The Morgan fingerprint density at radius 1 is 0.905 bits per heavy atom. The van der Waals surface area contributed by atoms with Crippen molar-refractivity contribution in [1.82, 2.24) is 5.32 Å². The predicted octanol–water partition coefficient (Wildman–Crippen LogP) is 8.64. The Kier molecular flexibility index (Phi) is 15.6. The van der Waals surface area contributed by atoms with Gasteiger partial charge in [0.2, 0.25) is 0 Å². The molecule has 0 radical (unpaired) electrons. The molecule has 0 aromatic heterocycles. The van der Waals surface area contributed by atoms with Crippen molar-refractivity contribution in [3.63, 3.8) is 0 Å². The van der Waals surface area contributed by atoms with Crippen molar-refractivity contribution in [3.8, 4) is 5.75 Å². The molecule has 4 saturated heterocycles. The normalized spacial score (nSPS) is 40.5. The van der Waals surface area contributed by atoms with Crippen LogP contribution in [0.15, 0.2) is 36.4 Å². The van der Waals surface area contributed by atoms with Gasteiger partial charge in [-0.15, -0.1) is 0 Å². The zero-order chi connectivity index (χ0) is 46.2. The molecular formula is C49H74ClNO12. The SMILES string of the molecule is CC[C@@H](C(=O)[C@@H](C)[C@@H](O)[C@H](C)[C@@H]1O[C@@H]([C@@H](CC)C(=O)O)CC[C@@H]1C)[C@H]1O[C@]2(C=C[C@@H](NC(=O)Oc3ccc(Cl)cc3)[C@]3(CC[C@@](C)([C@H]4CC[C@](O)(CC)[C@H](C)O4)O3)O2)[C@H](C)C[C@@H]1C. The number of nitrogens with one attached hydrogen (secondary N) is 1. The molecule has 1 aromatic carbocycles. The summed E-state index contributed by atoms with van der Waals surface area (Å²) in [6, 6.07) is 5.68. The summed E-state index contributed by atoms with van der Waals surface area (Å²) in [5.41, 5.74) is -1.79. The first-order chi connectivity index (χ1) is 29.6. The Labute approximate surface area is 379 Å². The molecule has 14 heteroatoms. The van der Waals surface area contributed by atoms with Crippen LogP contribution < -0.4 is 10.1 Å². The molecule has 13 nitrogen and oxygen atoms in total. The summed E-state index contributed by atoms with van der Waals surface area (Å²) in [4.78, 5) is 40.3. The molecule has 1 amide bonds. The van der Waals surface area contributed by atoms with Crippen LogP contribution in [0.2, 0.25) is 5.02 Å². The number of rotatable bonds is 14. The largest absolute Gasteiger partial charge is 0.481 e. The van der Waals surface area contributed by atoms with E-state index in [1.54, 1.807) is 31.2 Å². The van der Waals surface area contributed by atoms with E-state index in [1.165, 1.54) is 0 Å². The molecule has 0 saturated carbocycles. The molecule has 0 bridgehead atoms. The zero-order valence-corrected chi connectivity index (χ0v) is 39.8. The lowest BCUT2D eigenvalue weighted by molar-refractivity contribution is -0.398. The summed E-state index contributed by atoms with van der Waals surface area (Å²) in [7, 11) is 0. The van der Waals surface area contributed by atoms with Crippen LogP contribution in [0.5, 0.6) is 5.75 Å². The molecule has 18 atom stereocenters. The van der Waals surface area contributed by atoms with Crippen LogP contribution in [0, 0.1) is 41.4 Å².